The van der Waals surface area contributed by atoms with Crippen molar-refractivity contribution in [3.63, 3.8) is 0 Å². The fraction of sp³-hybridized carbons (Fsp3) is 0.125. The molecule has 1 heterocycles. The SMILES string of the molecule is O=C(CCCc1nc2ccccc2c(=O)[nH]1)Nc1ccccc1-c1ccccc1. The number of anilines is 1. The van der Waals surface area contributed by atoms with Crippen LogP contribution in [0.15, 0.2) is 83.7 Å². The third kappa shape index (κ3) is 4.41. The van der Waals surface area contributed by atoms with Crippen LogP contribution in [0.5, 0.6) is 0 Å². The number of nitrogens with zero attached hydrogens (tertiary/aromatic N) is 1. The Bertz CT molecular complexity index is 1200. The summed E-state index contributed by atoms with van der Waals surface area (Å²) in [7, 11) is 0. The predicted octanol–water partition coefficient (Wildman–Crippen LogP) is 4.55. The lowest BCUT2D eigenvalue weighted by atomic mass is 10.0. The minimum atomic E-state index is -0.146. The molecule has 144 valence electrons. The van der Waals surface area contributed by atoms with Gasteiger partial charge in [-0.15, -0.1) is 0 Å². The van der Waals surface area contributed by atoms with Gasteiger partial charge in [0.25, 0.3) is 5.56 Å². The van der Waals surface area contributed by atoms with Gasteiger partial charge in [0.05, 0.1) is 10.9 Å². The monoisotopic (exact) mass is 383 g/mol. The van der Waals surface area contributed by atoms with Gasteiger partial charge < -0.3 is 10.3 Å². The highest BCUT2D eigenvalue weighted by Gasteiger charge is 2.09. The number of aromatic amines is 1. The maximum Gasteiger partial charge on any atom is 0.258 e. The summed E-state index contributed by atoms with van der Waals surface area (Å²) in [5.41, 5.74) is 3.36. The van der Waals surface area contributed by atoms with E-state index in [0.29, 0.717) is 36.0 Å². The van der Waals surface area contributed by atoms with Gasteiger partial charge in [-0.1, -0.05) is 60.7 Å². The predicted molar refractivity (Wildman–Crippen MR) is 116 cm³/mol. The number of amides is 1. The maximum absolute atomic E-state index is 12.5. The summed E-state index contributed by atoms with van der Waals surface area (Å²) >= 11 is 0. The molecule has 29 heavy (non-hydrogen) atoms. The zero-order valence-corrected chi connectivity index (χ0v) is 15.9. The van der Waals surface area contributed by atoms with Gasteiger partial charge in [-0.25, -0.2) is 4.98 Å². The highest BCUT2D eigenvalue weighted by atomic mass is 16.1. The molecule has 1 aromatic heterocycles. The fourth-order valence-electron chi connectivity index (χ4n) is 3.34. The lowest BCUT2D eigenvalue weighted by Crippen LogP contribution is -2.14. The number of benzene rings is 3. The zero-order chi connectivity index (χ0) is 20.1. The molecule has 0 fully saturated rings. The van der Waals surface area contributed by atoms with Gasteiger partial charge in [-0.2, -0.15) is 0 Å². The summed E-state index contributed by atoms with van der Waals surface area (Å²) in [5, 5.41) is 3.58. The van der Waals surface area contributed by atoms with E-state index < -0.39 is 0 Å². The molecule has 0 unspecified atom stereocenters. The highest BCUT2D eigenvalue weighted by Crippen LogP contribution is 2.27. The molecule has 5 heteroatoms. The van der Waals surface area contributed by atoms with E-state index in [1.54, 1.807) is 6.07 Å². The van der Waals surface area contributed by atoms with Crippen molar-refractivity contribution < 1.29 is 4.79 Å². The molecule has 1 amide bonds. The van der Waals surface area contributed by atoms with E-state index in [1.807, 2.05) is 72.8 Å². The number of para-hydroxylation sites is 2. The second-order valence-corrected chi connectivity index (χ2v) is 6.84. The second kappa shape index (κ2) is 8.52. The molecular formula is C24H21N3O2. The van der Waals surface area contributed by atoms with Crippen molar-refractivity contribution in [3.05, 3.63) is 95.0 Å². The first-order valence-electron chi connectivity index (χ1n) is 9.63. The smallest absolute Gasteiger partial charge is 0.258 e. The number of nitrogens with one attached hydrogen (secondary N) is 2. The van der Waals surface area contributed by atoms with Gasteiger partial charge in [0.2, 0.25) is 5.91 Å². The number of H-pyrrole nitrogens is 1. The molecule has 0 aliphatic carbocycles. The largest absolute Gasteiger partial charge is 0.326 e. The third-order valence-electron chi connectivity index (χ3n) is 4.77. The summed E-state index contributed by atoms with van der Waals surface area (Å²) in [6.07, 6.45) is 1.48. The topological polar surface area (TPSA) is 74.8 Å². The molecule has 0 saturated carbocycles. The molecule has 4 aromatic rings. The number of fused-ring (bicyclic) bond motifs is 1. The molecule has 0 aliphatic heterocycles. The van der Waals surface area contributed by atoms with E-state index in [9.17, 15) is 9.59 Å². The number of carbonyl (C=O) groups excluding carboxylic acids is 1. The van der Waals surface area contributed by atoms with E-state index in [1.165, 1.54) is 0 Å². The van der Waals surface area contributed by atoms with Crippen LogP contribution in [0.4, 0.5) is 5.69 Å². The first-order chi connectivity index (χ1) is 14.2. The number of carbonyl (C=O) groups is 1. The fourth-order valence-corrected chi connectivity index (χ4v) is 3.34. The van der Waals surface area contributed by atoms with Gasteiger partial charge in [0, 0.05) is 24.1 Å². The van der Waals surface area contributed by atoms with Crippen molar-refractivity contribution in [2.75, 3.05) is 5.32 Å². The lowest BCUT2D eigenvalue weighted by molar-refractivity contribution is -0.116. The number of rotatable bonds is 6. The quantitative estimate of drug-likeness (QED) is 0.513. The van der Waals surface area contributed by atoms with Crippen LogP contribution in [-0.2, 0) is 11.2 Å². The van der Waals surface area contributed by atoms with Crippen LogP contribution in [0.3, 0.4) is 0 Å². The minimum absolute atomic E-state index is 0.0588. The molecule has 2 N–H and O–H groups in total. The summed E-state index contributed by atoms with van der Waals surface area (Å²) in [6, 6.07) is 25.0. The normalized spacial score (nSPS) is 10.8. The lowest BCUT2D eigenvalue weighted by Gasteiger charge is -2.11. The first-order valence-corrected chi connectivity index (χ1v) is 9.63. The van der Waals surface area contributed by atoms with Gasteiger partial charge in [-0.3, -0.25) is 9.59 Å². The molecule has 4 rings (SSSR count). The molecule has 0 aliphatic rings. The number of aryl methyl sites for hydroxylation is 1. The van der Waals surface area contributed by atoms with Crippen LogP contribution in [0.1, 0.15) is 18.7 Å². The van der Waals surface area contributed by atoms with E-state index in [4.69, 9.17) is 0 Å². The van der Waals surface area contributed by atoms with Gasteiger partial charge >= 0.3 is 0 Å². The van der Waals surface area contributed by atoms with Gasteiger partial charge in [0.1, 0.15) is 5.82 Å². The Morgan fingerprint density at radius 2 is 1.62 bits per heavy atom. The Morgan fingerprint density at radius 3 is 2.48 bits per heavy atom. The van der Waals surface area contributed by atoms with Crippen LogP contribution in [0.2, 0.25) is 0 Å². The summed E-state index contributed by atoms with van der Waals surface area (Å²) in [6.45, 7) is 0. The number of hydrogen-bond donors (Lipinski definition) is 2. The summed E-state index contributed by atoms with van der Waals surface area (Å²) in [5.74, 6) is 0.544. The van der Waals surface area contributed by atoms with E-state index in [2.05, 4.69) is 15.3 Å². The Balaban J connectivity index is 1.40. The molecule has 0 radical (unpaired) electrons. The minimum Gasteiger partial charge on any atom is -0.326 e. The Hall–Kier alpha value is -3.73. The van der Waals surface area contributed by atoms with E-state index in [-0.39, 0.29) is 11.5 Å². The Kier molecular flexibility index (Phi) is 5.47. The first kappa shape index (κ1) is 18.6. The zero-order valence-electron chi connectivity index (χ0n) is 15.9. The number of aromatic nitrogens is 2. The van der Waals surface area contributed by atoms with Crippen LogP contribution in [-0.4, -0.2) is 15.9 Å². The van der Waals surface area contributed by atoms with Crippen LogP contribution >= 0.6 is 0 Å². The van der Waals surface area contributed by atoms with Gasteiger partial charge in [0.15, 0.2) is 0 Å². The maximum atomic E-state index is 12.5. The van der Waals surface area contributed by atoms with Crippen molar-refractivity contribution in [3.8, 4) is 11.1 Å². The molecule has 0 atom stereocenters. The Labute approximate surface area is 168 Å². The van der Waals surface area contributed by atoms with Crippen LogP contribution in [0, 0.1) is 0 Å². The summed E-state index contributed by atoms with van der Waals surface area (Å²) in [4.78, 5) is 31.9. The molecular weight excluding hydrogens is 362 g/mol. The van der Waals surface area contributed by atoms with Crippen molar-refractivity contribution in [2.45, 2.75) is 19.3 Å². The molecule has 0 spiro atoms. The van der Waals surface area contributed by atoms with Crippen LogP contribution < -0.4 is 10.9 Å². The second-order valence-electron chi connectivity index (χ2n) is 6.84. The van der Waals surface area contributed by atoms with E-state index in [0.717, 1.165) is 16.8 Å². The standard InChI is InChI=1S/C24H21N3O2/c28-23(26-20-13-6-4-11-18(20)17-9-2-1-3-10-17)16-8-15-22-25-21-14-7-5-12-19(21)24(29)27-22/h1-7,9-14H,8,15-16H2,(H,26,28)(H,25,27,29). The van der Waals surface area contributed by atoms with E-state index >= 15 is 0 Å². The average Bonchev–Trinajstić information content (AvgIpc) is 2.75. The summed E-state index contributed by atoms with van der Waals surface area (Å²) < 4.78 is 0. The van der Waals surface area contributed by atoms with Crippen molar-refractivity contribution in [1.82, 2.24) is 9.97 Å². The van der Waals surface area contributed by atoms with Crippen LogP contribution in [0.25, 0.3) is 22.0 Å². The molecule has 3 aromatic carbocycles. The average molecular weight is 383 g/mol. The molecule has 0 saturated heterocycles. The molecule has 0 bridgehead atoms. The third-order valence-corrected chi connectivity index (χ3v) is 4.77. The van der Waals surface area contributed by atoms with Crippen molar-refractivity contribution in [1.29, 1.82) is 0 Å². The highest BCUT2D eigenvalue weighted by molar-refractivity contribution is 5.95. The molecule has 5 nitrogen and oxygen atoms in total. The number of hydrogen-bond acceptors (Lipinski definition) is 3. The van der Waals surface area contributed by atoms with Crippen molar-refractivity contribution >= 4 is 22.5 Å². The van der Waals surface area contributed by atoms with Crippen molar-refractivity contribution in [2.24, 2.45) is 0 Å². The van der Waals surface area contributed by atoms with Gasteiger partial charge in [-0.05, 0) is 30.2 Å². The Morgan fingerprint density at radius 1 is 0.897 bits per heavy atom.